The lowest BCUT2D eigenvalue weighted by atomic mass is 10.1. The van der Waals surface area contributed by atoms with Crippen molar-refractivity contribution in [2.24, 2.45) is 11.5 Å². The smallest absolute Gasteiger partial charge is 0.415 e. The van der Waals surface area contributed by atoms with E-state index in [0.29, 0.717) is 0 Å². The summed E-state index contributed by atoms with van der Waals surface area (Å²) in [5.74, 6) is -1.91. The summed E-state index contributed by atoms with van der Waals surface area (Å²) in [7, 11) is -4.12. The van der Waals surface area contributed by atoms with Crippen LogP contribution < -0.4 is 20.5 Å². The lowest BCUT2D eigenvalue weighted by Crippen LogP contribution is -2.47. The third-order valence-electron chi connectivity index (χ3n) is 4.84. The highest BCUT2D eigenvalue weighted by atomic mass is 31.2. The molecule has 0 saturated carbocycles. The number of primary amides is 1. The van der Waals surface area contributed by atoms with Crippen molar-refractivity contribution in [3.05, 3.63) is 60.7 Å². The number of likely N-dealkylation sites (tertiary alicyclic amines) is 1. The molecule has 1 aliphatic rings. The van der Waals surface area contributed by atoms with E-state index in [2.05, 4.69) is 0 Å². The molecule has 0 spiro atoms. The Bertz CT molecular complexity index is 901. The van der Waals surface area contributed by atoms with Gasteiger partial charge in [-0.25, -0.2) is 8.96 Å². The molecular weight excluding hydrogens is 424 g/mol. The van der Waals surface area contributed by atoms with Gasteiger partial charge in [0.25, 0.3) is 0 Å². The van der Waals surface area contributed by atoms with Crippen LogP contribution in [-0.4, -0.2) is 41.3 Å². The van der Waals surface area contributed by atoms with Crippen molar-refractivity contribution < 1.29 is 27.6 Å². The van der Waals surface area contributed by atoms with Gasteiger partial charge < -0.3 is 25.4 Å². The van der Waals surface area contributed by atoms with Crippen molar-refractivity contribution in [2.75, 3.05) is 6.54 Å². The van der Waals surface area contributed by atoms with Gasteiger partial charge >= 0.3 is 7.60 Å². The first-order valence-electron chi connectivity index (χ1n) is 9.86. The van der Waals surface area contributed by atoms with Gasteiger partial charge in [-0.3, -0.25) is 9.59 Å². The van der Waals surface area contributed by atoms with Crippen LogP contribution in [-0.2, 0) is 14.2 Å². The maximum atomic E-state index is 14.4. The Morgan fingerprint density at radius 2 is 1.58 bits per heavy atom. The number of amides is 2. The zero-order chi connectivity index (χ0) is 22.4. The van der Waals surface area contributed by atoms with Gasteiger partial charge in [-0.2, -0.15) is 0 Å². The topological polar surface area (TPSA) is 125 Å². The molecule has 0 radical (unpaired) electrons. The van der Waals surface area contributed by atoms with E-state index in [-0.39, 0.29) is 37.3 Å². The average molecular weight is 449 g/mol. The molecular formula is C21H25FN3O5P. The Kier molecular flexibility index (Phi) is 7.30. The minimum absolute atomic E-state index is 0.00226. The van der Waals surface area contributed by atoms with Gasteiger partial charge in [0.15, 0.2) is 5.78 Å². The van der Waals surface area contributed by atoms with Gasteiger partial charge in [-0.05, 0) is 30.7 Å². The van der Waals surface area contributed by atoms with Gasteiger partial charge in [-0.15, -0.1) is 0 Å². The first-order valence-corrected chi connectivity index (χ1v) is 11.5. The molecule has 3 rings (SSSR count). The summed E-state index contributed by atoms with van der Waals surface area (Å²) in [4.78, 5) is 25.0. The zero-order valence-corrected chi connectivity index (χ0v) is 17.7. The molecule has 8 nitrogen and oxygen atoms in total. The van der Waals surface area contributed by atoms with Crippen LogP contribution in [0.2, 0.25) is 0 Å². The molecule has 0 unspecified atom stereocenters. The van der Waals surface area contributed by atoms with E-state index in [9.17, 15) is 18.5 Å². The molecule has 10 heteroatoms. The fraction of sp³-hybridized carbons (Fsp3) is 0.333. The van der Waals surface area contributed by atoms with E-state index in [4.69, 9.17) is 20.5 Å². The quantitative estimate of drug-likeness (QED) is 0.567. The highest BCUT2D eigenvalue weighted by Crippen LogP contribution is 2.57. The van der Waals surface area contributed by atoms with Crippen molar-refractivity contribution in [1.29, 1.82) is 0 Å². The zero-order valence-electron chi connectivity index (χ0n) is 16.8. The molecule has 1 aliphatic heterocycles. The Labute approximate surface area is 179 Å². The van der Waals surface area contributed by atoms with Crippen LogP contribution in [0.15, 0.2) is 60.7 Å². The van der Waals surface area contributed by atoms with E-state index in [1.54, 1.807) is 60.7 Å². The molecule has 2 aromatic carbocycles. The minimum atomic E-state index is -4.12. The van der Waals surface area contributed by atoms with E-state index >= 15 is 0 Å². The molecule has 31 heavy (non-hydrogen) atoms. The van der Waals surface area contributed by atoms with Gasteiger partial charge in [0.2, 0.25) is 11.8 Å². The standard InChI is InChI=1S/C21H25FN3O5P/c22-15-13-20(25(14-15)21(27)18(23)11-12-19(24)26)31(28,29-16-7-3-1-4-8-16)30-17-9-5-2-6-10-17/h1-10,15,18,20H,11-14,23H2,(H2,24,26)/t15-,18+,20+/m1/s1. The number of nitrogens with zero attached hydrogens (tertiary/aromatic N) is 1. The molecule has 1 heterocycles. The fourth-order valence-electron chi connectivity index (χ4n) is 3.33. The monoisotopic (exact) mass is 449 g/mol. The predicted molar refractivity (Wildman–Crippen MR) is 113 cm³/mol. The van der Waals surface area contributed by atoms with E-state index < -0.39 is 37.4 Å². The second-order valence-electron chi connectivity index (χ2n) is 7.26. The molecule has 1 saturated heterocycles. The summed E-state index contributed by atoms with van der Waals surface area (Å²) >= 11 is 0. The van der Waals surface area contributed by atoms with Crippen molar-refractivity contribution in [3.63, 3.8) is 0 Å². The summed E-state index contributed by atoms with van der Waals surface area (Å²) in [6.45, 7) is -0.298. The summed E-state index contributed by atoms with van der Waals surface area (Å²) in [5, 5.41) is 0. The summed E-state index contributed by atoms with van der Waals surface area (Å²) in [6.07, 6.45) is -1.75. The second kappa shape index (κ2) is 9.94. The number of alkyl halides is 1. The van der Waals surface area contributed by atoms with Crippen molar-refractivity contribution in [3.8, 4) is 11.5 Å². The number of rotatable bonds is 9. The average Bonchev–Trinajstić information content (AvgIpc) is 3.15. The molecule has 0 bridgehead atoms. The summed E-state index contributed by atoms with van der Waals surface area (Å²) in [5.41, 5.74) is 11.0. The van der Waals surface area contributed by atoms with Crippen molar-refractivity contribution in [2.45, 2.75) is 37.3 Å². The Morgan fingerprint density at radius 1 is 1.06 bits per heavy atom. The lowest BCUT2D eigenvalue weighted by molar-refractivity contribution is -0.132. The number of nitrogens with two attached hydrogens (primary N) is 2. The third kappa shape index (κ3) is 5.83. The number of carbonyl (C=O) groups is 2. The van der Waals surface area contributed by atoms with Crippen LogP contribution in [0, 0.1) is 0 Å². The first kappa shape index (κ1) is 22.8. The molecule has 0 aromatic heterocycles. The van der Waals surface area contributed by atoms with Crippen LogP contribution in [0.25, 0.3) is 0 Å². The van der Waals surface area contributed by atoms with Crippen molar-refractivity contribution >= 4 is 19.4 Å². The fourth-order valence-corrected chi connectivity index (χ4v) is 5.48. The van der Waals surface area contributed by atoms with E-state index in [0.717, 1.165) is 4.90 Å². The highest BCUT2D eigenvalue weighted by Gasteiger charge is 2.51. The van der Waals surface area contributed by atoms with Crippen molar-refractivity contribution in [1.82, 2.24) is 4.90 Å². The maximum Gasteiger partial charge on any atom is 0.453 e. The Morgan fingerprint density at radius 3 is 2.06 bits per heavy atom. The lowest BCUT2D eigenvalue weighted by Gasteiger charge is -2.32. The third-order valence-corrected chi connectivity index (χ3v) is 6.99. The number of halogens is 1. The number of benzene rings is 2. The maximum absolute atomic E-state index is 14.4. The molecule has 3 atom stereocenters. The van der Waals surface area contributed by atoms with Crippen LogP contribution in [0.4, 0.5) is 4.39 Å². The van der Waals surface area contributed by atoms with Crippen LogP contribution in [0.3, 0.4) is 0 Å². The van der Waals surface area contributed by atoms with E-state index in [1.165, 1.54) is 0 Å². The normalized spacial score (nSPS) is 19.6. The number of carbonyl (C=O) groups excluding carboxylic acids is 2. The number of para-hydroxylation sites is 2. The number of hydrogen-bond donors (Lipinski definition) is 2. The molecule has 0 aliphatic carbocycles. The second-order valence-corrected chi connectivity index (χ2v) is 9.31. The molecule has 2 amide bonds. The SMILES string of the molecule is NC(=O)CC[C@H](N)C(=O)N1C[C@H](F)C[C@@H]1P(=O)(Oc1ccccc1)Oc1ccccc1. The predicted octanol–water partition coefficient (Wildman–Crippen LogP) is 2.83. The minimum Gasteiger partial charge on any atom is -0.415 e. The Balaban J connectivity index is 1.90. The van der Waals surface area contributed by atoms with Gasteiger partial charge in [-0.1, -0.05) is 36.4 Å². The van der Waals surface area contributed by atoms with Gasteiger partial charge in [0, 0.05) is 12.8 Å². The highest BCUT2D eigenvalue weighted by molar-refractivity contribution is 7.55. The van der Waals surface area contributed by atoms with Crippen LogP contribution >= 0.6 is 7.60 Å². The first-order chi connectivity index (χ1) is 14.8. The molecule has 1 fully saturated rings. The molecule has 166 valence electrons. The largest absolute Gasteiger partial charge is 0.453 e. The van der Waals surface area contributed by atoms with E-state index in [1.807, 2.05) is 0 Å². The Hall–Kier alpha value is -2.90. The van der Waals surface area contributed by atoms with Crippen LogP contribution in [0.1, 0.15) is 19.3 Å². The molecule has 2 aromatic rings. The van der Waals surface area contributed by atoms with Gasteiger partial charge in [0.1, 0.15) is 17.7 Å². The summed E-state index contributed by atoms with van der Waals surface area (Å²) in [6, 6.07) is 15.6. The molecule has 4 N–H and O–H groups in total. The van der Waals surface area contributed by atoms with Crippen LogP contribution in [0.5, 0.6) is 11.5 Å². The number of hydrogen-bond acceptors (Lipinski definition) is 6. The van der Waals surface area contributed by atoms with Gasteiger partial charge in [0.05, 0.1) is 12.6 Å². The summed E-state index contributed by atoms with van der Waals surface area (Å²) < 4.78 is 39.9.